The van der Waals surface area contributed by atoms with E-state index < -0.39 is 0 Å². The standard InChI is InChI=1S/C16H9ClN2S/c17-15-13(10-6-2-1-3-7-10)18-14-11-8-4-5-9-12(11)20-16(14)19-15/h1-9H. The maximum atomic E-state index is 6.30. The molecule has 0 amide bonds. The molecular formula is C16H9ClN2S. The largest absolute Gasteiger partial charge is 0.241 e. The molecule has 0 N–H and O–H groups in total. The fourth-order valence-corrected chi connectivity index (χ4v) is 3.59. The molecule has 96 valence electrons. The Hall–Kier alpha value is -1.97. The first-order valence-electron chi connectivity index (χ1n) is 6.23. The number of benzene rings is 2. The second-order valence-electron chi connectivity index (χ2n) is 4.48. The minimum absolute atomic E-state index is 0.454. The van der Waals surface area contributed by atoms with Gasteiger partial charge in [-0.2, -0.15) is 0 Å². The Kier molecular flexibility index (Phi) is 2.69. The van der Waals surface area contributed by atoms with Crippen LogP contribution >= 0.6 is 22.9 Å². The molecule has 4 rings (SSSR count). The average Bonchev–Trinajstić information content (AvgIpc) is 2.84. The Balaban J connectivity index is 2.08. The van der Waals surface area contributed by atoms with Gasteiger partial charge in [-0.1, -0.05) is 60.1 Å². The number of halogens is 1. The van der Waals surface area contributed by atoms with Gasteiger partial charge in [0.2, 0.25) is 0 Å². The number of aromatic nitrogens is 2. The van der Waals surface area contributed by atoms with E-state index >= 15 is 0 Å². The highest BCUT2D eigenvalue weighted by atomic mass is 35.5. The van der Waals surface area contributed by atoms with Gasteiger partial charge in [0.15, 0.2) is 5.15 Å². The third-order valence-electron chi connectivity index (χ3n) is 3.22. The van der Waals surface area contributed by atoms with E-state index in [1.165, 1.54) is 4.70 Å². The normalized spacial score (nSPS) is 11.2. The molecule has 2 aromatic heterocycles. The Bertz CT molecular complexity index is 916. The molecule has 4 aromatic rings. The lowest BCUT2D eigenvalue weighted by atomic mass is 10.1. The van der Waals surface area contributed by atoms with Crippen molar-refractivity contribution in [2.75, 3.05) is 0 Å². The summed E-state index contributed by atoms with van der Waals surface area (Å²) in [5.41, 5.74) is 2.65. The van der Waals surface area contributed by atoms with Gasteiger partial charge in [0.1, 0.15) is 16.0 Å². The zero-order valence-corrected chi connectivity index (χ0v) is 11.9. The Labute approximate surface area is 124 Å². The molecule has 2 aromatic carbocycles. The molecule has 0 radical (unpaired) electrons. The maximum absolute atomic E-state index is 6.30. The van der Waals surface area contributed by atoms with E-state index in [1.807, 2.05) is 42.5 Å². The molecule has 0 bridgehead atoms. The summed E-state index contributed by atoms with van der Waals surface area (Å²) in [5.74, 6) is 0. The van der Waals surface area contributed by atoms with Crippen LogP contribution in [-0.2, 0) is 0 Å². The van der Waals surface area contributed by atoms with Crippen LogP contribution in [0, 0.1) is 0 Å². The Morgan fingerprint density at radius 1 is 0.850 bits per heavy atom. The average molecular weight is 297 g/mol. The number of hydrogen-bond donors (Lipinski definition) is 0. The summed E-state index contributed by atoms with van der Waals surface area (Å²) < 4.78 is 1.18. The lowest BCUT2D eigenvalue weighted by molar-refractivity contribution is 1.32. The zero-order valence-electron chi connectivity index (χ0n) is 10.4. The molecular weight excluding hydrogens is 288 g/mol. The zero-order chi connectivity index (χ0) is 13.5. The quantitative estimate of drug-likeness (QED) is 0.484. The van der Waals surface area contributed by atoms with Crippen molar-refractivity contribution >= 4 is 43.4 Å². The van der Waals surface area contributed by atoms with Crippen molar-refractivity contribution in [3.05, 3.63) is 59.8 Å². The number of thiophene rings is 1. The van der Waals surface area contributed by atoms with Crippen LogP contribution in [0.4, 0.5) is 0 Å². The maximum Gasteiger partial charge on any atom is 0.157 e. The van der Waals surface area contributed by atoms with Crippen LogP contribution in [0.1, 0.15) is 0 Å². The number of hydrogen-bond acceptors (Lipinski definition) is 3. The molecule has 2 heterocycles. The number of nitrogens with zero attached hydrogens (tertiary/aromatic N) is 2. The molecule has 0 saturated carbocycles. The predicted molar refractivity (Wildman–Crippen MR) is 85.4 cm³/mol. The molecule has 0 aliphatic rings. The van der Waals surface area contributed by atoms with E-state index in [4.69, 9.17) is 16.6 Å². The van der Waals surface area contributed by atoms with E-state index in [1.54, 1.807) is 11.3 Å². The molecule has 0 fully saturated rings. The molecule has 0 spiro atoms. The van der Waals surface area contributed by atoms with Gasteiger partial charge in [-0.3, -0.25) is 0 Å². The van der Waals surface area contributed by atoms with Crippen molar-refractivity contribution in [1.29, 1.82) is 0 Å². The van der Waals surface area contributed by atoms with Crippen LogP contribution in [0.15, 0.2) is 54.6 Å². The monoisotopic (exact) mass is 296 g/mol. The van der Waals surface area contributed by atoms with Crippen LogP contribution in [0.3, 0.4) is 0 Å². The molecule has 4 heteroatoms. The van der Waals surface area contributed by atoms with E-state index in [0.29, 0.717) is 5.15 Å². The van der Waals surface area contributed by atoms with E-state index in [0.717, 1.165) is 27.0 Å². The van der Waals surface area contributed by atoms with Crippen LogP contribution < -0.4 is 0 Å². The van der Waals surface area contributed by atoms with Gasteiger partial charge < -0.3 is 0 Å². The first-order chi connectivity index (χ1) is 9.83. The SMILES string of the molecule is Clc1nc2sc3ccccc3c2nc1-c1ccccc1. The van der Waals surface area contributed by atoms with Crippen molar-refractivity contribution < 1.29 is 0 Å². The molecule has 0 atom stereocenters. The summed E-state index contributed by atoms with van der Waals surface area (Å²) in [6, 6.07) is 18.1. The highest BCUT2D eigenvalue weighted by Crippen LogP contribution is 2.35. The first kappa shape index (κ1) is 11.8. The molecule has 0 aliphatic carbocycles. The van der Waals surface area contributed by atoms with Crippen molar-refractivity contribution in [3.63, 3.8) is 0 Å². The van der Waals surface area contributed by atoms with Crippen molar-refractivity contribution in [1.82, 2.24) is 9.97 Å². The third-order valence-corrected chi connectivity index (χ3v) is 4.53. The van der Waals surface area contributed by atoms with Crippen molar-refractivity contribution in [2.24, 2.45) is 0 Å². The van der Waals surface area contributed by atoms with Gasteiger partial charge in [0, 0.05) is 15.6 Å². The third kappa shape index (κ3) is 1.79. The topological polar surface area (TPSA) is 25.8 Å². The van der Waals surface area contributed by atoms with Crippen LogP contribution in [0.2, 0.25) is 5.15 Å². The molecule has 2 nitrogen and oxygen atoms in total. The van der Waals surface area contributed by atoms with Crippen LogP contribution in [0.25, 0.3) is 31.7 Å². The highest BCUT2D eigenvalue weighted by molar-refractivity contribution is 7.25. The second-order valence-corrected chi connectivity index (χ2v) is 5.87. The fourth-order valence-electron chi connectivity index (χ4n) is 2.28. The summed E-state index contributed by atoms with van der Waals surface area (Å²) in [6.07, 6.45) is 0. The van der Waals surface area contributed by atoms with Crippen LogP contribution in [0.5, 0.6) is 0 Å². The summed E-state index contributed by atoms with van der Waals surface area (Å²) in [6.45, 7) is 0. The summed E-state index contributed by atoms with van der Waals surface area (Å²) in [4.78, 5) is 10.1. The lowest BCUT2D eigenvalue weighted by Gasteiger charge is -2.03. The summed E-state index contributed by atoms with van der Waals surface area (Å²) in [5, 5.41) is 1.59. The van der Waals surface area contributed by atoms with Crippen LogP contribution in [-0.4, -0.2) is 9.97 Å². The van der Waals surface area contributed by atoms with E-state index in [-0.39, 0.29) is 0 Å². The van der Waals surface area contributed by atoms with Gasteiger partial charge >= 0.3 is 0 Å². The molecule has 20 heavy (non-hydrogen) atoms. The van der Waals surface area contributed by atoms with Crippen molar-refractivity contribution in [3.8, 4) is 11.3 Å². The van der Waals surface area contributed by atoms with Gasteiger partial charge in [-0.15, -0.1) is 11.3 Å². The van der Waals surface area contributed by atoms with Gasteiger partial charge in [0.05, 0.1) is 0 Å². The van der Waals surface area contributed by atoms with Gasteiger partial charge in [0.25, 0.3) is 0 Å². The summed E-state index contributed by atoms with van der Waals surface area (Å²) >= 11 is 7.92. The van der Waals surface area contributed by atoms with E-state index in [9.17, 15) is 0 Å². The molecule has 0 aliphatic heterocycles. The smallest absolute Gasteiger partial charge is 0.157 e. The predicted octanol–water partition coefficient (Wildman–Crippen LogP) is 5.16. The Morgan fingerprint density at radius 2 is 1.60 bits per heavy atom. The lowest BCUT2D eigenvalue weighted by Crippen LogP contribution is -1.88. The number of rotatable bonds is 1. The molecule has 0 unspecified atom stereocenters. The van der Waals surface area contributed by atoms with Crippen molar-refractivity contribution in [2.45, 2.75) is 0 Å². The Morgan fingerprint density at radius 3 is 2.45 bits per heavy atom. The minimum Gasteiger partial charge on any atom is -0.241 e. The van der Waals surface area contributed by atoms with Gasteiger partial charge in [-0.25, -0.2) is 9.97 Å². The summed E-state index contributed by atoms with van der Waals surface area (Å²) in [7, 11) is 0. The number of fused-ring (bicyclic) bond motifs is 3. The van der Waals surface area contributed by atoms with Gasteiger partial charge in [-0.05, 0) is 6.07 Å². The van der Waals surface area contributed by atoms with E-state index in [2.05, 4.69) is 17.1 Å². The first-order valence-corrected chi connectivity index (χ1v) is 7.42. The second kappa shape index (κ2) is 4.54. The fraction of sp³-hybridized carbons (Fsp3) is 0. The highest BCUT2D eigenvalue weighted by Gasteiger charge is 2.13. The molecule has 0 saturated heterocycles. The minimum atomic E-state index is 0.454.